The summed E-state index contributed by atoms with van der Waals surface area (Å²) in [5, 5.41) is 0. The van der Waals surface area contributed by atoms with Gasteiger partial charge in [-0.1, -0.05) is 280 Å². The standard InChI is InChI=1S/C71H108F2N2S5/c1-9-13-17-21-25-27-31-35-38-42-54(41-37-33-29-23-19-15-11-3)49-56-51-61(78-69(56)60-48-47-59(77-60)58-46-45-53(5)76-58)63-65(72)66(73)64(68-67(63)74-80-75-68)62-52-57(70(79-62)71(6,7)8)50-55(43-39-34-30-24-20-16-12-4)44-40-36-32-28-26-22-18-14-10-2/h45-48,51-52,54-55H,9-44,49-50H2,1-8H3. The third kappa shape index (κ3) is 21.6. The topological polar surface area (TPSA) is 25.8 Å². The van der Waals surface area contributed by atoms with E-state index in [1.165, 1.54) is 272 Å². The fourth-order valence-corrected chi connectivity index (χ4v) is 17.6. The van der Waals surface area contributed by atoms with Gasteiger partial charge in [-0.3, -0.25) is 0 Å². The minimum absolute atomic E-state index is 0.137. The average molecular weight is 1190 g/mol. The molecule has 0 radical (unpaired) electrons. The highest BCUT2D eigenvalue weighted by molar-refractivity contribution is 7.27. The Kier molecular flexibility index (Phi) is 31.1. The quantitative estimate of drug-likeness (QED) is 0.0356. The molecule has 0 saturated heterocycles. The molecule has 80 heavy (non-hydrogen) atoms. The van der Waals surface area contributed by atoms with E-state index < -0.39 is 11.6 Å². The van der Waals surface area contributed by atoms with Crippen LogP contribution in [0.3, 0.4) is 0 Å². The maximum Gasteiger partial charge on any atom is 0.170 e. The van der Waals surface area contributed by atoms with Crippen LogP contribution >= 0.6 is 57.1 Å². The predicted octanol–water partition coefficient (Wildman–Crippen LogP) is 26.9. The Balaban J connectivity index is 1.30. The summed E-state index contributed by atoms with van der Waals surface area (Å²) in [5.41, 5.74) is 4.02. The van der Waals surface area contributed by atoms with E-state index in [0.29, 0.717) is 28.4 Å². The van der Waals surface area contributed by atoms with Crippen molar-refractivity contribution in [2.75, 3.05) is 0 Å². The number of halogens is 2. The Morgan fingerprint density at radius 2 is 0.750 bits per heavy atom. The van der Waals surface area contributed by atoms with Crippen LogP contribution in [0, 0.1) is 30.4 Å². The SMILES string of the molecule is CCCCCCCCCCCC(CCCCCCCCC)Cc1cc(-c2c(F)c(F)c(-c3cc(CC(CCCCCCCCC)CCCCCCCCCCC)c(C(C)(C)C)s3)c3nsnc23)sc1-c1ccc(-c2ccc(C)s2)s1. The Bertz CT molecular complexity index is 2600. The van der Waals surface area contributed by atoms with Crippen molar-refractivity contribution in [3.63, 3.8) is 0 Å². The summed E-state index contributed by atoms with van der Waals surface area (Å²) in [7, 11) is 0. The second kappa shape index (κ2) is 37.2. The Hall–Kier alpha value is -2.30. The molecule has 0 spiro atoms. The number of aromatic nitrogens is 2. The first-order valence-electron chi connectivity index (χ1n) is 33.0. The molecule has 446 valence electrons. The van der Waals surface area contributed by atoms with E-state index in [1.807, 2.05) is 22.7 Å². The van der Waals surface area contributed by atoms with Gasteiger partial charge in [0.25, 0.3) is 0 Å². The van der Waals surface area contributed by atoms with E-state index in [0.717, 1.165) is 34.3 Å². The van der Waals surface area contributed by atoms with Crippen LogP contribution in [0.4, 0.5) is 8.78 Å². The van der Waals surface area contributed by atoms with Gasteiger partial charge in [0.15, 0.2) is 11.6 Å². The summed E-state index contributed by atoms with van der Waals surface area (Å²) < 4.78 is 45.0. The third-order valence-electron chi connectivity index (χ3n) is 17.1. The van der Waals surface area contributed by atoms with Gasteiger partial charge in [0, 0.05) is 39.0 Å². The molecule has 6 rings (SSSR count). The summed E-state index contributed by atoms with van der Waals surface area (Å²) >= 11 is 8.06. The minimum Gasteiger partial charge on any atom is -0.203 e. The molecule has 0 amide bonds. The molecule has 0 bridgehead atoms. The molecule has 0 N–H and O–H groups in total. The van der Waals surface area contributed by atoms with Gasteiger partial charge in [0.05, 0.1) is 22.9 Å². The highest BCUT2D eigenvalue weighted by Crippen LogP contribution is 2.50. The van der Waals surface area contributed by atoms with E-state index in [1.54, 1.807) is 22.7 Å². The fraction of sp³-hybridized carbons (Fsp3) is 0.690. The smallest absolute Gasteiger partial charge is 0.170 e. The van der Waals surface area contributed by atoms with Crippen molar-refractivity contribution in [2.24, 2.45) is 11.8 Å². The maximum absolute atomic E-state index is 17.7. The number of hydrogen-bond donors (Lipinski definition) is 0. The minimum atomic E-state index is -0.788. The van der Waals surface area contributed by atoms with Crippen molar-refractivity contribution in [3.05, 3.63) is 68.9 Å². The normalized spacial score (nSPS) is 12.9. The van der Waals surface area contributed by atoms with Gasteiger partial charge in [-0.15, -0.1) is 45.3 Å². The second-order valence-electron chi connectivity index (χ2n) is 25.3. The van der Waals surface area contributed by atoms with E-state index >= 15 is 8.78 Å². The van der Waals surface area contributed by atoms with Crippen LogP contribution in [0.5, 0.6) is 0 Å². The molecule has 6 aromatic rings. The third-order valence-corrected chi connectivity index (χ3v) is 22.9. The van der Waals surface area contributed by atoms with E-state index in [9.17, 15) is 0 Å². The van der Waals surface area contributed by atoms with Gasteiger partial charge in [-0.25, -0.2) is 8.78 Å². The number of fused-ring (bicyclic) bond motifs is 1. The summed E-state index contributed by atoms with van der Waals surface area (Å²) in [6.07, 6.45) is 49.3. The largest absolute Gasteiger partial charge is 0.203 e. The van der Waals surface area contributed by atoms with Gasteiger partial charge >= 0.3 is 0 Å². The first kappa shape index (κ1) is 66.8. The number of unbranched alkanes of at least 4 members (excludes halogenated alkanes) is 28. The average Bonchev–Trinajstić information content (AvgIpc) is 4.33. The lowest BCUT2D eigenvalue weighted by molar-refractivity contribution is 0.398. The summed E-state index contributed by atoms with van der Waals surface area (Å²) in [4.78, 5) is 9.11. The summed E-state index contributed by atoms with van der Waals surface area (Å²) in [5.74, 6) is -0.442. The molecule has 0 fully saturated rings. The van der Waals surface area contributed by atoms with Gasteiger partial charge < -0.3 is 0 Å². The number of aryl methyl sites for hydroxylation is 1. The monoisotopic (exact) mass is 1190 g/mol. The molecule has 1 aromatic carbocycles. The van der Waals surface area contributed by atoms with Crippen molar-refractivity contribution >= 4 is 68.1 Å². The van der Waals surface area contributed by atoms with Crippen LogP contribution in [0.1, 0.15) is 300 Å². The lowest BCUT2D eigenvalue weighted by Gasteiger charge is -2.22. The van der Waals surface area contributed by atoms with Crippen molar-refractivity contribution in [2.45, 2.75) is 305 Å². The molecular formula is C71H108F2N2S5. The van der Waals surface area contributed by atoms with E-state index in [2.05, 4.69) is 91.8 Å². The number of hydrogen-bond acceptors (Lipinski definition) is 7. The Labute approximate surface area is 507 Å². The zero-order chi connectivity index (χ0) is 57.0. The first-order chi connectivity index (χ1) is 39.0. The van der Waals surface area contributed by atoms with E-state index in [4.69, 9.17) is 8.75 Å². The molecule has 0 saturated carbocycles. The van der Waals surface area contributed by atoms with Crippen LogP contribution in [0.25, 0.3) is 51.4 Å². The van der Waals surface area contributed by atoms with Crippen molar-refractivity contribution in [3.8, 4) is 40.4 Å². The molecule has 0 aliphatic rings. The van der Waals surface area contributed by atoms with E-state index in [-0.39, 0.29) is 11.0 Å². The van der Waals surface area contributed by atoms with Crippen LogP contribution < -0.4 is 0 Å². The lowest BCUT2D eigenvalue weighted by atomic mass is 9.84. The molecule has 2 atom stereocenters. The molecule has 2 nitrogen and oxygen atoms in total. The van der Waals surface area contributed by atoms with Crippen molar-refractivity contribution in [1.82, 2.24) is 8.75 Å². The molecule has 9 heteroatoms. The molecule has 5 heterocycles. The molecular weight excluding hydrogens is 1080 g/mol. The van der Waals surface area contributed by atoms with Gasteiger partial charge in [-0.2, -0.15) is 8.75 Å². The zero-order valence-corrected chi connectivity index (χ0v) is 55.8. The lowest BCUT2D eigenvalue weighted by Crippen LogP contribution is -2.14. The van der Waals surface area contributed by atoms with Gasteiger partial charge in [0.2, 0.25) is 0 Å². The second-order valence-corrected chi connectivity index (χ2v) is 30.3. The Morgan fingerprint density at radius 3 is 1.15 bits per heavy atom. The number of nitrogens with zero attached hydrogens (tertiary/aromatic N) is 2. The van der Waals surface area contributed by atoms with Gasteiger partial charge in [0.1, 0.15) is 11.0 Å². The molecule has 0 aliphatic heterocycles. The van der Waals surface area contributed by atoms with Crippen LogP contribution in [0.2, 0.25) is 0 Å². The number of rotatable bonds is 44. The number of benzene rings is 1. The highest BCUT2D eigenvalue weighted by atomic mass is 32.1. The summed E-state index contributed by atoms with van der Waals surface area (Å²) in [6.45, 7) is 18.2. The van der Waals surface area contributed by atoms with Crippen LogP contribution in [-0.2, 0) is 18.3 Å². The number of thiophene rings is 4. The molecule has 2 unspecified atom stereocenters. The Morgan fingerprint density at radius 1 is 0.400 bits per heavy atom. The van der Waals surface area contributed by atoms with Crippen molar-refractivity contribution in [1.29, 1.82) is 0 Å². The maximum atomic E-state index is 17.7. The van der Waals surface area contributed by atoms with Gasteiger partial charge in [-0.05, 0) is 84.5 Å². The van der Waals surface area contributed by atoms with Crippen LogP contribution in [0.15, 0.2) is 36.4 Å². The predicted molar refractivity (Wildman–Crippen MR) is 357 cm³/mol. The van der Waals surface area contributed by atoms with Crippen molar-refractivity contribution < 1.29 is 8.78 Å². The zero-order valence-electron chi connectivity index (χ0n) is 51.7. The molecule has 5 aromatic heterocycles. The highest BCUT2D eigenvalue weighted by Gasteiger charge is 2.31. The fourth-order valence-electron chi connectivity index (χ4n) is 12.4. The molecule has 0 aliphatic carbocycles. The van der Waals surface area contributed by atoms with Crippen LogP contribution in [-0.4, -0.2) is 8.75 Å². The first-order valence-corrected chi connectivity index (χ1v) is 37.0. The summed E-state index contributed by atoms with van der Waals surface area (Å²) in [6, 6.07) is 13.5.